The average Bonchev–Trinajstić information content (AvgIpc) is 3.02. The van der Waals surface area contributed by atoms with Crippen LogP contribution in [0.2, 0.25) is 0 Å². The van der Waals surface area contributed by atoms with E-state index in [2.05, 4.69) is 22.0 Å². The molecule has 3 rings (SSSR count). The highest BCUT2D eigenvalue weighted by Gasteiger charge is 2.31. The number of likely N-dealkylation sites (tertiary alicyclic amines) is 2. The molecule has 0 aromatic heterocycles. The smallest absolute Gasteiger partial charge is 0.0235 e. The molecule has 3 fully saturated rings. The van der Waals surface area contributed by atoms with Gasteiger partial charge in [0.05, 0.1) is 0 Å². The van der Waals surface area contributed by atoms with Gasteiger partial charge in [-0.15, -0.1) is 0 Å². The topological polar surface area (TPSA) is 18.5 Å². The first-order chi connectivity index (χ1) is 8.83. The molecule has 0 aromatic rings. The van der Waals surface area contributed by atoms with Crippen molar-refractivity contribution in [1.29, 1.82) is 0 Å². The van der Waals surface area contributed by atoms with Gasteiger partial charge >= 0.3 is 0 Å². The summed E-state index contributed by atoms with van der Waals surface area (Å²) in [5.74, 6) is 0.894. The Kier molecular flexibility index (Phi) is 4.22. The lowest BCUT2D eigenvalue weighted by molar-refractivity contribution is 0.158. The Morgan fingerprint density at radius 1 is 1.06 bits per heavy atom. The summed E-state index contributed by atoms with van der Waals surface area (Å²) in [7, 11) is 0. The van der Waals surface area contributed by atoms with Crippen LogP contribution in [0, 0.1) is 5.92 Å². The van der Waals surface area contributed by atoms with Crippen LogP contribution in [0.4, 0.5) is 0 Å². The van der Waals surface area contributed by atoms with E-state index in [0.29, 0.717) is 0 Å². The van der Waals surface area contributed by atoms with Crippen LogP contribution >= 0.6 is 0 Å². The van der Waals surface area contributed by atoms with Crippen molar-refractivity contribution in [3.05, 3.63) is 0 Å². The van der Waals surface area contributed by atoms with Crippen molar-refractivity contribution < 1.29 is 0 Å². The van der Waals surface area contributed by atoms with Gasteiger partial charge in [0.15, 0.2) is 0 Å². The van der Waals surface area contributed by atoms with E-state index < -0.39 is 0 Å². The number of piperidine rings is 1. The second kappa shape index (κ2) is 5.89. The average molecular weight is 251 g/mol. The predicted octanol–water partition coefficient (Wildman–Crippen LogP) is 1.54. The van der Waals surface area contributed by atoms with E-state index in [1.807, 2.05) is 0 Å². The van der Waals surface area contributed by atoms with Gasteiger partial charge in [0.25, 0.3) is 0 Å². The van der Waals surface area contributed by atoms with Crippen LogP contribution < -0.4 is 5.32 Å². The maximum atomic E-state index is 3.58. The molecule has 0 aliphatic carbocycles. The van der Waals surface area contributed by atoms with Gasteiger partial charge in [-0.2, -0.15) is 0 Å². The van der Waals surface area contributed by atoms with Crippen molar-refractivity contribution in [1.82, 2.24) is 15.1 Å². The quantitative estimate of drug-likeness (QED) is 0.821. The van der Waals surface area contributed by atoms with Gasteiger partial charge in [-0.25, -0.2) is 0 Å². The Morgan fingerprint density at radius 2 is 1.89 bits per heavy atom. The van der Waals surface area contributed by atoms with Gasteiger partial charge in [-0.3, -0.25) is 4.90 Å². The fraction of sp³-hybridized carbons (Fsp3) is 1.00. The first-order valence-electron chi connectivity index (χ1n) is 8.03. The van der Waals surface area contributed by atoms with Crippen molar-refractivity contribution in [3.63, 3.8) is 0 Å². The Bertz CT molecular complexity index is 262. The fourth-order valence-corrected chi connectivity index (χ4v) is 4.05. The molecule has 1 N–H and O–H groups in total. The van der Waals surface area contributed by atoms with Gasteiger partial charge in [0, 0.05) is 25.2 Å². The van der Waals surface area contributed by atoms with Gasteiger partial charge in [-0.1, -0.05) is 6.42 Å². The Labute approximate surface area is 112 Å². The van der Waals surface area contributed by atoms with Crippen LogP contribution in [0.5, 0.6) is 0 Å². The molecule has 3 nitrogen and oxygen atoms in total. The van der Waals surface area contributed by atoms with Gasteiger partial charge in [0.2, 0.25) is 0 Å². The van der Waals surface area contributed by atoms with E-state index in [9.17, 15) is 0 Å². The third-order valence-electron chi connectivity index (χ3n) is 5.34. The number of hydrogen-bond acceptors (Lipinski definition) is 3. The van der Waals surface area contributed by atoms with Crippen LogP contribution in [0.3, 0.4) is 0 Å². The first kappa shape index (κ1) is 12.9. The van der Waals surface area contributed by atoms with Crippen LogP contribution in [-0.2, 0) is 0 Å². The lowest BCUT2D eigenvalue weighted by Gasteiger charge is -2.32. The summed E-state index contributed by atoms with van der Waals surface area (Å²) < 4.78 is 0. The largest absolute Gasteiger partial charge is 0.314 e. The van der Waals surface area contributed by atoms with Crippen molar-refractivity contribution in [2.24, 2.45) is 5.92 Å². The molecule has 3 heteroatoms. The Balaban J connectivity index is 1.46. The molecule has 0 saturated carbocycles. The second-order valence-electron chi connectivity index (χ2n) is 6.59. The van der Waals surface area contributed by atoms with Crippen LogP contribution in [0.1, 0.15) is 39.0 Å². The number of hydrogen-bond donors (Lipinski definition) is 1. The minimum Gasteiger partial charge on any atom is -0.314 e. The summed E-state index contributed by atoms with van der Waals surface area (Å²) in [5, 5.41) is 3.58. The summed E-state index contributed by atoms with van der Waals surface area (Å²) in [6.07, 6.45) is 7.11. The first-order valence-corrected chi connectivity index (χ1v) is 8.03. The minimum atomic E-state index is 0.735. The highest BCUT2D eigenvalue weighted by atomic mass is 15.3. The fourth-order valence-electron chi connectivity index (χ4n) is 4.05. The zero-order valence-corrected chi connectivity index (χ0v) is 11.9. The molecule has 3 aliphatic rings. The zero-order chi connectivity index (χ0) is 12.4. The van der Waals surface area contributed by atoms with E-state index in [4.69, 9.17) is 0 Å². The molecule has 0 amide bonds. The maximum Gasteiger partial charge on any atom is 0.0235 e. The molecule has 0 spiro atoms. The van der Waals surface area contributed by atoms with Crippen LogP contribution in [0.25, 0.3) is 0 Å². The number of nitrogens with zero attached hydrogens (tertiary/aromatic N) is 2. The summed E-state index contributed by atoms with van der Waals surface area (Å²) in [6, 6.07) is 1.61. The molecule has 3 saturated heterocycles. The van der Waals surface area contributed by atoms with Crippen molar-refractivity contribution >= 4 is 0 Å². The number of rotatable bonds is 3. The molecule has 3 aliphatic heterocycles. The summed E-state index contributed by atoms with van der Waals surface area (Å²) >= 11 is 0. The SMILES string of the molecule is CC1NCCC1CN1CCC(N2CCCCC2)C1. The molecule has 3 heterocycles. The highest BCUT2D eigenvalue weighted by molar-refractivity contribution is 4.88. The van der Waals surface area contributed by atoms with E-state index in [0.717, 1.165) is 18.0 Å². The highest BCUT2D eigenvalue weighted by Crippen LogP contribution is 2.23. The maximum absolute atomic E-state index is 3.58. The van der Waals surface area contributed by atoms with Crippen LogP contribution in [0.15, 0.2) is 0 Å². The lowest BCUT2D eigenvalue weighted by Crippen LogP contribution is -2.41. The van der Waals surface area contributed by atoms with E-state index in [1.54, 1.807) is 0 Å². The molecule has 18 heavy (non-hydrogen) atoms. The van der Waals surface area contributed by atoms with Crippen molar-refractivity contribution in [2.45, 2.75) is 51.1 Å². The summed E-state index contributed by atoms with van der Waals surface area (Å²) in [5.41, 5.74) is 0. The standard InChI is InChI=1S/C15H29N3/c1-13-14(5-7-16-13)11-17-10-6-15(12-17)18-8-3-2-4-9-18/h13-16H,2-12H2,1H3. The summed E-state index contributed by atoms with van der Waals surface area (Å²) in [4.78, 5) is 5.49. The molecular weight excluding hydrogens is 222 g/mol. The van der Waals surface area contributed by atoms with E-state index >= 15 is 0 Å². The predicted molar refractivity (Wildman–Crippen MR) is 75.8 cm³/mol. The minimum absolute atomic E-state index is 0.735. The second-order valence-corrected chi connectivity index (χ2v) is 6.59. The molecule has 3 atom stereocenters. The molecule has 0 bridgehead atoms. The van der Waals surface area contributed by atoms with Crippen LogP contribution in [-0.4, -0.2) is 61.2 Å². The van der Waals surface area contributed by atoms with Gasteiger partial charge < -0.3 is 10.2 Å². The summed E-state index contributed by atoms with van der Waals surface area (Å²) in [6.45, 7) is 10.3. The molecule has 3 unspecified atom stereocenters. The Hall–Kier alpha value is -0.120. The third-order valence-corrected chi connectivity index (χ3v) is 5.34. The van der Waals surface area contributed by atoms with Gasteiger partial charge in [-0.05, 0) is 64.7 Å². The third kappa shape index (κ3) is 2.89. The molecule has 104 valence electrons. The molecule has 0 aromatic carbocycles. The monoisotopic (exact) mass is 251 g/mol. The Morgan fingerprint density at radius 3 is 2.61 bits per heavy atom. The number of nitrogens with one attached hydrogen (secondary N) is 1. The van der Waals surface area contributed by atoms with Gasteiger partial charge in [0.1, 0.15) is 0 Å². The van der Waals surface area contributed by atoms with Crippen molar-refractivity contribution in [2.75, 3.05) is 39.3 Å². The van der Waals surface area contributed by atoms with Crippen molar-refractivity contribution in [3.8, 4) is 0 Å². The normalized spacial score (nSPS) is 39.5. The molecular formula is C15H29N3. The lowest BCUT2D eigenvalue weighted by atomic mass is 10.0. The van der Waals surface area contributed by atoms with E-state index in [1.165, 1.54) is 71.4 Å². The van der Waals surface area contributed by atoms with E-state index in [-0.39, 0.29) is 0 Å². The molecule has 0 radical (unpaired) electrons. The zero-order valence-electron chi connectivity index (χ0n) is 11.9.